The monoisotopic (exact) mass is 809 g/mol. The number of hydrogen-bond donors (Lipinski definition) is 1. The van der Waals surface area contributed by atoms with Gasteiger partial charge >= 0.3 is 11.9 Å². The van der Waals surface area contributed by atoms with Gasteiger partial charge in [0.15, 0.2) is 6.10 Å². The van der Waals surface area contributed by atoms with Gasteiger partial charge in [0.05, 0.1) is 6.61 Å². The Morgan fingerprint density at radius 1 is 0.414 bits per heavy atom. The molecule has 0 aromatic carbocycles. The predicted molar refractivity (Wildman–Crippen MR) is 251 cm³/mol. The van der Waals surface area contributed by atoms with Crippen LogP contribution in [0.2, 0.25) is 0 Å². The first kappa shape index (κ1) is 55.3. The first-order valence-electron chi connectivity index (χ1n) is 24.5. The summed E-state index contributed by atoms with van der Waals surface area (Å²) in [4.78, 5) is 24.4. The molecule has 0 heterocycles. The Kier molecular flexibility index (Phi) is 46.5. The lowest BCUT2D eigenvalue weighted by atomic mass is 10.0. The Morgan fingerprint density at radius 2 is 0.741 bits per heavy atom. The zero-order chi connectivity index (χ0) is 42.1. The molecule has 0 saturated carbocycles. The normalized spacial score (nSPS) is 12.8. The number of rotatable bonds is 44. The molecule has 0 radical (unpaired) electrons. The number of carbonyl (C=O) groups excluding carboxylic acids is 2. The van der Waals surface area contributed by atoms with Gasteiger partial charge in [-0.25, -0.2) is 0 Å². The number of esters is 2. The third-order valence-electron chi connectivity index (χ3n) is 10.5. The van der Waals surface area contributed by atoms with Gasteiger partial charge in [0.25, 0.3) is 0 Å². The number of unbranched alkanes of at least 4 members (excludes halogenated alkanes) is 24. The molecule has 0 aliphatic heterocycles. The summed E-state index contributed by atoms with van der Waals surface area (Å²) >= 11 is 0. The molecule has 5 heteroatoms. The number of hydrogen-bond acceptors (Lipinski definition) is 5. The Labute approximate surface area is 359 Å². The second kappa shape index (κ2) is 48.7. The van der Waals surface area contributed by atoms with Gasteiger partial charge in [0.1, 0.15) is 6.61 Å². The smallest absolute Gasteiger partial charge is 0.306 e. The summed E-state index contributed by atoms with van der Waals surface area (Å²) in [5.74, 6) is -0.684. The Balaban J connectivity index is 3.57. The fraction of sp³-hybridized carbons (Fsp3) is 0.736. The maximum atomic E-state index is 12.2. The summed E-state index contributed by atoms with van der Waals surface area (Å²) < 4.78 is 10.6. The maximum absolute atomic E-state index is 12.2. The van der Waals surface area contributed by atoms with E-state index in [1.165, 1.54) is 141 Å². The SMILES string of the molecule is CC/C=C\C/C=C\C/C=C\C/C=C\C/C=C\C/C=C\CCC(=O)OC(CO)COC(=O)CCCCCCCCCCCCCCCCCCCCCCCCCCC. The molecule has 58 heavy (non-hydrogen) atoms. The highest BCUT2D eigenvalue weighted by Crippen LogP contribution is 2.16. The lowest BCUT2D eigenvalue weighted by Crippen LogP contribution is -2.28. The van der Waals surface area contributed by atoms with E-state index in [-0.39, 0.29) is 25.6 Å². The van der Waals surface area contributed by atoms with Crippen molar-refractivity contribution in [3.8, 4) is 0 Å². The summed E-state index contributed by atoms with van der Waals surface area (Å²) in [6.45, 7) is 3.98. The molecule has 5 nitrogen and oxygen atoms in total. The van der Waals surface area contributed by atoms with Crippen LogP contribution in [-0.4, -0.2) is 36.4 Å². The minimum atomic E-state index is -0.814. The van der Waals surface area contributed by atoms with Gasteiger partial charge in [-0.05, 0) is 51.4 Å². The van der Waals surface area contributed by atoms with E-state index in [1.807, 2.05) is 12.2 Å². The quantitative estimate of drug-likeness (QED) is 0.0377. The molecule has 0 fully saturated rings. The third kappa shape index (κ3) is 46.0. The van der Waals surface area contributed by atoms with E-state index in [2.05, 4.69) is 74.6 Å². The molecule has 0 amide bonds. The largest absolute Gasteiger partial charge is 0.462 e. The highest BCUT2D eigenvalue weighted by molar-refractivity contribution is 5.70. The molecule has 1 unspecified atom stereocenters. The van der Waals surface area contributed by atoms with Crippen molar-refractivity contribution in [1.82, 2.24) is 0 Å². The van der Waals surface area contributed by atoms with Crippen LogP contribution >= 0.6 is 0 Å². The van der Waals surface area contributed by atoms with Crippen LogP contribution in [-0.2, 0) is 19.1 Å². The predicted octanol–water partition coefficient (Wildman–Crippen LogP) is 16.1. The van der Waals surface area contributed by atoms with Crippen LogP contribution in [0.3, 0.4) is 0 Å². The van der Waals surface area contributed by atoms with Gasteiger partial charge in [-0.15, -0.1) is 0 Å². The highest BCUT2D eigenvalue weighted by Gasteiger charge is 2.15. The number of allylic oxidation sites excluding steroid dienone is 12. The van der Waals surface area contributed by atoms with Crippen molar-refractivity contribution in [2.45, 2.75) is 238 Å². The number of aliphatic hydroxyl groups is 1. The Hall–Kier alpha value is -2.66. The molecule has 0 aliphatic carbocycles. The average Bonchev–Trinajstić information content (AvgIpc) is 3.23. The van der Waals surface area contributed by atoms with Crippen LogP contribution in [0.1, 0.15) is 232 Å². The minimum absolute atomic E-state index is 0.0968. The third-order valence-corrected chi connectivity index (χ3v) is 10.5. The zero-order valence-electron chi connectivity index (χ0n) is 38.0. The average molecular weight is 809 g/mol. The van der Waals surface area contributed by atoms with Crippen LogP contribution in [0.25, 0.3) is 0 Å². The molecule has 0 saturated heterocycles. The summed E-state index contributed by atoms with van der Waals surface area (Å²) in [6, 6.07) is 0. The molecule has 0 aliphatic rings. The van der Waals surface area contributed by atoms with E-state index in [0.29, 0.717) is 12.8 Å². The maximum Gasteiger partial charge on any atom is 0.306 e. The number of aliphatic hydroxyl groups excluding tert-OH is 1. The van der Waals surface area contributed by atoms with E-state index in [0.717, 1.165) is 57.8 Å². The van der Waals surface area contributed by atoms with Gasteiger partial charge in [0.2, 0.25) is 0 Å². The molecule has 1 atom stereocenters. The number of carbonyl (C=O) groups is 2. The van der Waals surface area contributed by atoms with Crippen molar-refractivity contribution >= 4 is 11.9 Å². The van der Waals surface area contributed by atoms with E-state index in [4.69, 9.17) is 9.47 Å². The van der Waals surface area contributed by atoms with E-state index in [9.17, 15) is 14.7 Å². The lowest BCUT2D eigenvalue weighted by molar-refractivity contribution is -0.161. The number of ether oxygens (including phenoxy) is 2. The molecule has 0 bridgehead atoms. The topological polar surface area (TPSA) is 72.8 Å². The summed E-state index contributed by atoms with van der Waals surface area (Å²) in [6.07, 6.45) is 65.8. The van der Waals surface area contributed by atoms with Gasteiger partial charge in [0, 0.05) is 12.8 Å². The fourth-order valence-electron chi connectivity index (χ4n) is 6.88. The molecule has 0 aromatic heterocycles. The van der Waals surface area contributed by atoms with Crippen LogP contribution in [0, 0.1) is 0 Å². The van der Waals surface area contributed by atoms with Crippen LogP contribution in [0.4, 0.5) is 0 Å². The van der Waals surface area contributed by atoms with Crippen LogP contribution in [0.5, 0.6) is 0 Å². The summed E-state index contributed by atoms with van der Waals surface area (Å²) in [5, 5.41) is 9.59. The molecule has 0 aromatic rings. The van der Waals surface area contributed by atoms with E-state index in [1.54, 1.807) is 0 Å². The summed E-state index contributed by atoms with van der Waals surface area (Å²) in [7, 11) is 0. The van der Waals surface area contributed by atoms with Gasteiger partial charge in [-0.2, -0.15) is 0 Å². The summed E-state index contributed by atoms with van der Waals surface area (Å²) in [5.41, 5.74) is 0. The van der Waals surface area contributed by atoms with Crippen molar-refractivity contribution in [2.24, 2.45) is 0 Å². The van der Waals surface area contributed by atoms with Crippen LogP contribution < -0.4 is 0 Å². The molecule has 0 rings (SSSR count). The van der Waals surface area contributed by atoms with E-state index >= 15 is 0 Å². The Morgan fingerprint density at radius 3 is 1.09 bits per heavy atom. The van der Waals surface area contributed by atoms with Crippen molar-refractivity contribution in [1.29, 1.82) is 0 Å². The molecule has 334 valence electrons. The van der Waals surface area contributed by atoms with Gasteiger partial charge < -0.3 is 14.6 Å². The van der Waals surface area contributed by atoms with Crippen LogP contribution in [0.15, 0.2) is 72.9 Å². The first-order valence-corrected chi connectivity index (χ1v) is 24.5. The second-order valence-electron chi connectivity index (χ2n) is 16.2. The van der Waals surface area contributed by atoms with Crippen molar-refractivity contribution in [3.05, 3.63) is 72.9 Å². The van der Waals surface area contributed by atoms with E-state index < -0.39 is 12.1 Å². The minimum Gasteiger partial charge on any atom is -0.462 e. The van der Waals surface area contributed by atoms with Crippen molar-refractivity contribution < 1.29 is 24.2 Å². The van der Waals surface area contributed by atoms with Crippen molar-refractivity contribution in [3.63, 3.8) is 0 Å². The van der Waals surface area contributed by atoms with Crippen molar-refractivity contribution in [2.75, 3.05) is 13.2 Å². The molecule has 0 spiro atoms. The zero-order valence-corrected chi connectivity index (χ0v) is 38.0. The second-order valence-corrected chi connectivity index (χ2v) is 16.2. The highest BCUT2D eigenvalue weighted by atomic mass is 16.6. The first-order chi connectivity index (χ1) is 28.6. The molecular weight excluding hydrogens is 717 g/mol. The van der Waals surface area contributed by atoms with Gasteiger partial charge in [-0.1, -0.05) is 241 Å². The Bertz CT molecular complexity index is 1050. The lowest BCUT2D eigenvalue weighted by Gasteiger charge is -2.15. The molecular formula is C53H92O5. The van der Waals surface area contributed by atoms with Gasteiger partial charge in [-0.3, -0.25) is 9.59 Å². The fourth-order valence-corrected chi connectivity index (χ4v) is 6.88. The molecule has 1 N–H and O–H groups in total. The standard InChI is InChI=1S/C53H92O5/c1-3-5-7-9-11-13-15-17-19-21-23-24-25-26-27-28-30-31-33-35-37-39-41-43-45-47-52(55)57-50-51(49-54)58-53(56)48-46-44-42-40-38-36-34-32-29-22-20-18-16-14-12-10-8-6-4-2/h6,8,12,14,18,20,29,32,36,38,42,44,51,54H,3-5,7,9-11,13,15-17,19,21-28,30-31,33-35,37,39-41,43,45-50H2,1-2H3/b8-6-,14-12-,20-18-,32-29-,38-36-,44-42-.